The zero-order chi connectivity index (χ0) is 23.2. The molecular weight excluding hydrogens is 463 g/mol. The number of hydrogen-bond acceptors (Lipinski definition) is 9. The third kappa shape index (κ3) is 4.13. The van der Waals surface area contributed by atoms with Crippen LogP contribution >= 0.6 is 11.3 Å². The van der Waals surface area contributed by atoms with E-state index in [2.05, 4.69) is 30.2 Å². The molecule has 9 nitrogen and oxygen atoms in total. The van der Waals surface area contributed by atoms with Gasteiger partial charge in [-0.05, 0) is 30.3 Å². The minimum atomic E-state index is -4.90. The van der Waals surface area contributed by atoms with Crippen molar-refractivity contribution in [3.05, 3.63) is 64.0 Å². The zero-order valence-electron chi connectivity index (χ0n) is 16.1. The van der Waals surface area contributed by atoms with Crippen LogP contribution in [-0.4, -0.2) is 32.6 Å². The van der Waals surface area contributed by atoms with Gasteiger partial charge in [0.1, 0.15) is 10.6 Å². The number of hydrogen-bond donors (Lipinski definition) is 2. The van der Waals surface area contributed by atoms with Crippen LogP contribution in [0.25, 0.3) is 17.0 Å². The van der Waals surface area contributed by atoms with Gasteiger partial charge in [0, 0.05) is 10.8 Å². The highest BCUT2D eigenvalue weighted by atomic mass is 32.1. The van der Waals surface area contributed by atoms with E-state index in [1.165, 1.54) is 6.07 Å². The molecule has 0 unspecified atom stereocenters. The van der Waals surface area contributed by atoms with Gasteiger partial charge in [0.15, 0.2) is 5.13 Å². The Labute approximate surface area is 185 Å². The topological polar surface area (TPSA) is 123 Å². The Morgan fingerprint density at radius 2 is 1.88 bits per heavy atom. The minimum Gasteiger partial charge on any atom is -0.492 e. The van der Waals surface area contributed by atoms with Crippen LogP contribution in [0.3, 0.4) is 0 Å². The number of ether oxygens (including phenoxy) is 1. The van der Waals surface area contributed by atoms with Crippen molar-refractivity contribution >= 4 is 34.0 Å². The summed E-state index contributed by atoms with van der Waals surface area (Å²) in [5, 5.41) is 21.2. The van der Waals surface area contributed by atoms with Gasteiger partial charge in [-0.15, -0.1) is 18.3 Å². The number of carbonyl (C=O) groups excluding carboxylic acids is 1. The second-order valence-electron chi connectivity index (χ2n) is 6.59. The van der Waals surface area contributed by atoms with Gasteiger partial charge in [0.2, 0.25) is 11.8 Å². The molecule has 3 heterocycles. The number of carbonyl (C=O) groups is 1. The van der Waals surface area contributed by atoms with Gasteiger partial charge >= 0.3 is 12.4 Å². The molecule has 0 saturated carbocycles. The molecular formula is C20H10F3N5O4S. The lowest BCUT2D eigenvalue weighted by Gasteiger charge is -2.08. The summed E-state index contributed by atoms with van der Waals surface area (Å²) in [6.45, 7) is 0. The number of thiazole rings is 1. The summed E-state index contributed by atoms with van der Waals surface area (Å²) in [5.74, 6) is -1.52. The van der Waals surface area contributed by atoms with Crippen LogP contribution in [-0.2, 0) is 4.79 Å². The number of amides is 1. The van der Waals surface area contributed by atoms with Crippen LogP contribution in [0.4, 0.5) is 24.3 Å². The first-order chi connectivity index (χ1) is 15.8. The van der Waals surface area contributed by atoms with E-state index < -0.39 is 23.9 Å². The number of benzene rings is 2. The lowest BCUT2D eigenvalue weighted by atomic mass is 10.1. The first-order valence-corrected chi connectivity index (χ1v) is 9.98. The molecule has 0 radical (unpaired) electrons. The van der Waals surface area contributed by atoms with Crippen molar-refractivity contribution < 1.29 is 32.2 Å². The number of nitrogens with one attached hydrogen (secondary N) is 1. The zero-order valence-corrected chi connectivity index (χ0v) is 16.9. The standard InChI is InChI=1S/C20H10F3N5O4S/c21-20(22,23)32-10-6-7-12-11(8-10)13(15(29)24-12)14-16(30)25-19(33-14)26-18-28-27-17(31-18)9-4-2-1-3-5-9/h1-8,30H,(H,25,26,28). The van der Waals surface area contributed by atoms with E-state index >= 15 is 0 Å². The van der Waals surface area contributed by atoms with Crippen LogP contribution in [0.2, 0.25) is 0 Å². The number of aromatic nitrogens is 3. The predicted octanol–water partition coefficient (Wildman–Crippen LogP) is 2.90. The third-order valence-electron chi connectivity index (χ3n) is 4.40. The van der Waals surface area contributed by atoms with Gasteiger partial charge in [-0.2, -0.15) is 4.98 Å². The number of halogens is 3. The van der Waals surface area contributed by atoms with Crippen LogP contribution < -0.4 is 20.6 Å². The minimum absolute atomic E-state index is 0.0111. The molecule has 5 rings (SSSR count). The molecule has 1 aliphatic heterocycles. The molecule has 0 atom stereocenters. The fraction of sp³-hybridized carbons (Fsp3) is 0.0500. The first kappa shape index (κ1) is 20.6. The fourth-order valence-electron chi connectivity index (χ4n) is 3.10. The predicted molar refractivity (Wildman–Crippen MR) is 108 cm³/mol. The Hall–Kier alpha value is -4.26. The fourth-order valence-corrected chi connectivity index (χ4v) is 4.00. The lowest BCUT2D eigenvalue weighted by molar-refractivity contribution is -0.274. The summed E-state index contributed by atoms with van der Waals surface area (Å²) in [6, 6.07) is 12.3. The Morgan fingerprint density at radius 3 is 2.64 bits per heavy atom. The highest BCUT2D eigenvalue weighted by Gasteiger charge is 2.32. The Kier molecular flexibility index (Phi) is 4.82. The average molecular weight is 473 g/mol. The quantitative estimate of drug-likeness (QED) is 0.454. The van der Waals surface area contributed by atoms with Crippen LogP contribution in [0.1, 0.15) is 4.88 Å². The van der Waals surface area contributed by atoms with Gasteiger partial charge in [-0.25, -0.2) is 4.99 Å². The smallest absolute Gasteiger partial charge is 0.492 e. The number of anilines is 2. The van der Waals surface area contributed by atoms with Gasteiger partial charge in [0.05, 0.1) is 10.9 Å². The van der Waals surface area contributed by atoms with Crippen molar-refractivity contribution in [3.63, 3.8) is 0 Å². The van der Waals surface area contributed by atoms with E-state index in [1.54, 1.807) is 12.1 Å². The summed E-state index contributed by atoms with van der Waals surface area (Å²) in [6.07, 6.45) is -4.90. The number of nitrogens with zero attached hydrogens (tertiary/aromatic N) is 4. The SMILES string of the molecule is O=C1N=c2ccc(OC(F)(F)F)cc2=C1c1sc(Nc2nnc(-c3ccccc3)o2)nc1O. The number of alkyl halides is 3. The molecule has 4 aromatic rings. The van der Waals surface area contributed by atoms with Crippen LogP contribution in [0.5, 0.6) is 11.6 Å². The third-order valence-corrected chi connectivity index (χ3v) is 5.38. The van der Waals surface area contributed by atoms with Crippen molar-refractivity contribution in [2.75, 3.05) is 5.32 Å². The highest BCUT2D eigenvalue weighted by molar-refractivity contribution is 7.17. The number of rotatable bonds is 5. The average Bonchev–Trinajstić information content (AvgIpc) is 3.44. The molecule has 2 aromatic heterocycles. The molecule has 0 fully saturated rings. The molecule has 2 aromatic carbocycles. The highest BCUT2D eigenvalue weighted by Crippen LogP contribution is 2.35. The maximum Gasteiger partial charge on any atom is 0.573 e. The number of fused-ring (bicyclic) bond motifs is 1. The van der Waals surface area contributed by atoms with Crippen molar-refractivity contribution in [2.24, 2.45) is 4.99 Å². The molecule has 166 valence electrons. The molecule has 13 heteroatoms. The van der Waals surface area contributed by atoms with Gasteiger partial charge in [-0.3, -0.25) is 10.1 Å². The van der Waals surface area contributed by atoms with Gasteiger partial charge in [0.25, 0.3) is 5.91 Å². The normalized spacial score (nSPS) is 13.1. The molecule has 33 heavy (non-hydrogen) atoms. The Bertz CT molecular complexity index is 1500. The lowest BCUT2D eigenvalue weighted by Crippen LogP contribution is -2.25. The van der Waals surface area contributed by atoms with E-state index in [0.29, 0.717) is 5.56 Å². The Balaban J connectivity index is 1.48. The van der Waals surface area contributed by atoms with Crippen molar-refractivity contribution in [1.82, 2.24) is 15.2 Å². The summed E-state index contributed by atoms with van der Waals surface area (Å²) in [7, 11) is 0. The second kappa shape index (κ2) is 7.70. The monoisotopic (exact) mass is 473 g/mol. The first-order valence-electron chi connectivity index (χ1n) is 9.16. The molecule has 0 spiro atoms. The van der Waals surface area contributed by atoms with E-state index in [0.717, 1.165) is 23.5 Å². The van der Waals surface area contributed by atoms with Gasteiger partial charge in [-0.1, -0.05) is 34.6 Å². The van der Waals surface area contributed by atoms with Crippen molar-refractivity contribution in [3.8, 4) is 23.1 Å². The summed E-state index contributed by atoms with van der Waals surface area (Å²) in [4.78, 5) is 20.2. The van der Waals surface area contributed by atoms with E-state index in [9.17, 15) is 23.1 Å². The molecule has 1 amide bonds. The van der Waals surface area contributed by atoms with Crippen LogP contribution in [0, 0.1) is 0 Å². The van der Waals surface area contributed by atoms with Gasteiger partial charge < -0.3 is 14.3 Å². The van der Waals surface area contributed by atoms with Crippen molar-refractivity contribution in [1.29, 1.82) is 0 Å². The second-order valence-corrected chi connectivity index (χ2v) is 7.59. The number of aromatic hydroxyl groups is 1. The molecule has 2 N–H and O–H groups in total. The van der Waals surface area contributed by atoms with E-state index in [4.69, 9.17) is 4.42 Å². The molecule has 0 saturated heterocycles. The van der Waals surface area contributed by atoms with Crippen LogP contribution in [0.15, 0.2) is 57.9 Å². The molecule has 0 aliphatic carbocycles. The molecule has 1 aliphatic rings. The van der Waals surface area contributed by atoms with Crippen molar-refractivity contribution in [2.45, 2.75) is 6.36 Å². The molecule has 0 bridgehead atoms. The maximum atomic E-state index is 12.6. The van der Waals surface area contributed by atoms with E-state index in [-0.39, 0.29) is 38.1 Å². The summed E-state index contributed by atoms with van der Waals surface area (Å²) in [5.41, 5.74) is 0.596. The Morgan fingerprint density at radius 1 is 1.09 bits per heavy atom. The summed E-state index contributed by atoms with van der Waals surface area (Å²) < 4.78 is 47.2. The maximum absolute atomic E-state index is 12.6. The van der Waals surface area contributed by atoms with E-state index in [1.807, 2.05) is 18.2 Å². The largest absolute Gasteiger partial charge is 0.573 e. The summed E-state index contributed by atoms with van der Waals surface area (Å²) >= 11 is 0.862.